The van der Waals surface area contributed by atoms with E-state index in [4.69, 9.17) is 10.5 Å². The third-order valence-corrected chi connectivity index (χ3v) is 4.79. The molecule has 0 radical (unpaired) electrons. The molecule has 3 atom stereocenters. The minimum Gasteiger partial charge on any atom is -0.377 e. The summed E-state index contributed by atoms with van der Waals surface area (Å²) in [5, 5.41) is 2.98. The van der Waals surface area contributed by atoms with Gasteiger partial charge < -0.3 is 25.8 Å². The lowest BCUT2D eigenvalue weighted by Crippen LogP contribution is -2.46. The maximum atomic E-state index is 12.4. The van der Waals surface area contributed by atoms with Crippen molar-refractivity contribution in [1.82, 2.24) is 15.3 Å². The Balaban J connectivity index is 0.00000243. The SMILES string of the molecule is CCCO[C@@H]1CC[C@H](C(=O)NCc2ccc3[nH]c(=O)[nH]c3c2)C[C@H]1N.Cl. The summed E-state index contributed by atoms with van der Waals surface area (Å²) in [5.41, 5.74) is 8.40. The lowest BCUT2D eigenvalue weighted by molar-refractivity contribution is -0.127. The fourth-order valence-electron chi connectivity index (χ4n) is 3.42. The summed E-state index contributed by atoms with van der Waals surface area (Å²) < 4.78 is 5.76. The average Bonchev–Trinajstić information content (AvgIpc) is 2.97. The Bertz CT molecular complexity index is 788. The molecule has 0 bridgehead atoms. The van der Waals surface area contributed by atoms with Crippen LogP contribution in [0.5, 0.6) is 0 Å². The van der Waals surface area contributed by atoms with E-state index in [1.807, 2.05) is 18.2 Å². The molecule has 8 heteroatoms. The summed E-state index contributed by atoms with van der Waals surface area (Å²) >= 11 is 0. The molecule has 3 rings (SSSR count). The molecule has 1 aliphatic carbocycles. The van der Waals surface area contributed by atoms with Crippen molar-refractivity contribution in [3.05, 3.63) is 34.2 Å². The number of amides is 1. The molecule has 1 aromatic carbocycles. The molecule has 0 aliphatic heterocycles. The summed E-state index contributed by atoms with van der Waals surface area (Å²) in [6, 6.07) is 5.51. The van der Waals surface area contributed by atoms with Crippen LogP contribution in [0.3, 0.4) is 0 Å². The van der Waals surface area contributed by atoms with Gasteiger partial charge in [0.15, 0.2) is 0 Å². The van der Waals surface area contributed by atoms with Gasteiger partial charge in [0.05, 0.1) is 17.1 Å². The first kappa shape index (κ1) is 20.5. The quantitative estimate of drug-likeness (QED) is 0.610. The number of halogens is 1. The number of fused-ring (bicyclic) bond motifs is 1. The fourth-order valence-corrected chi connectivity index (χ4v) is 3.42. The number of carbonyl (C=O) groups excluding carboxylic acids is 1. The van der Waals surface area contributed by atoms with Crippen LogP contribution in [0.25, 0.3) is 11.0 Å². The van der Waals surface area contributed by atoms with Crippen LogP contribution in [0.2, 0.25) is 0 Å². The fraction of sp³-hybridized carbons (Fsp3) is 0.556. The lowest BCUT2D eigenvalue weighted by Gasteiger charge is -2.33. The normalized spacial score (nSPS) is 22.8. The second-order valence-electron chi connectivity index (χ2n) is 6.76. The van der Waals surface area contributed by atoms with Crippen LogP contribution in [0.15, 0.2) is 23.0 Å². The van der Waals surface area contributed by atoms with E-state index in [0.29, 0.717) is 13.0 Å². The molecule has 5 N–H and O–H groups in total. The van der Waals surface area contributed by atoms with Crippen LogP contribution in [0.1, 0.15) is 38.2 Å². The Morgan fingerprint density at radius 2 is 2.08 bits per heavy atom. The molecular weight excluding hydrogens is 356 g/mol. The van der Waals surface area contributed by atoms with Gasteiger partial charge in [-0.25, -0.2) is 4.79 Å². The van der Waals surface area contributed by atoms with Gasteiger partial charge in [-0.1, -0.05) is 13.0 Å². The highest BCUT2D eigenvalue weighted by Crippen LogP contribution is 2.26. The van der Waals surface area contributed by atoms with Crippen molar-refractivity contribution in [2.24, 2.45) is 11.7 Å². The highest BCUT2D eigenvalue weighted by atomic mass is 35.5. The van der Waals surface area contributed by atoms with Crippen LogP contribution in [0, 0.1) is 5.92 Å². The predicted octanol–water partition coefficient (Wildman–Crippen LogP) is 1.82. The van der Waals surface area contributed by atoms with E-state index in [2.05, 4.69) is 22.2 Å². The molecule has 144 valence electrons. The van der Waals surface area contributed by atoms with Crippen molar-refractivity contribution < 1.29 is 9.53 Å². The van der Waals surface area contributed by atoms with Crippen molar-refractivity contribution in [3.63, 3.8) is 0 Å². The van der Waals surface area contributed by atoms with Crippen LogP contribution in [0.4, 0.5) is 0 Å². The molecule has 0 saturated heterocycles. The highest BCUT2D eigenvalue weighted by Gasteiger charge is 2.32. The summed E-state index contributed by atoms with van der Waals surface area (Å²) in [4.78, 5) is 29.2. The topological polar surface area (TPSA) is 113 Å². The Hall–Kier alpha value is -1.83. The minimum atomic E-state index is -0.229. The van der Waals surface area contributed by atoms with E-state index >= 15 is 0 Å². The number of carbonyl (C=O) groups is 1. The van der Waals surface area contributed by atoms with E-state index < -0.39 is 0 Å². The predicted molar refractivity (Wildman–Crippen MR) is 103 cm³/mol. The molecule has 1 aliphatic rings. The van der Waals surface area contributed by atoms with E-state index in [-0.39, 0.29) is 42.1 Å². The third kappa shape index (κ3) is 4.87. The summed E-state index contributed by atoms with van der Waals surface area (Å²) in [6.45, 7) is 3.23. The van der Waals surface area contributed by atoms with E-state index in [1.54, 1.807) is 0 Å². The zero-order chi connectivity index (χ0) is 17.8. The third-order valence-electron chi connectivity index (χ3n) is 4.79. The Labute approximate surface area is 158 Å². The number of hydrogen-bond acceptors (Lipinski definition) is 4. The van der Waals surface area contributed by atoms with Crippen molar-refractivity contribution >= 4 is 29.3 Å². The first-order valence-electron chi connectivity index (χ1n) is 8.92. The Kier molecular flexibility index (Phi) is 7.25. The first-order valence-corrected chi connectivity index (χ1v) is 8.92. The highest BCUT2D eigenvalue weighted by molar-refractivity contribution is 5.85. The van der Waals surface area contributed by atoms with Crippen molar-refractivity contribution in [3.8, 4) is 0 Å². The zero-order valence-electron chi connectivity index (χ0n) is 14.9. The maximum absolute atomic E-state index is 12.4. The number of H-pyrrole nitrogens is 2. The molecule has 0 spiro atoms. The number of nitrogens with two attached hydrogens (primary N) is 1. The number of aromatic amines is 2. The van der Waals surface area contributed by atoms with Crippen LogP contribution < -0.4 is 16.7 Å². The Morgan fingerprint density at radius 3 is 2.81 bits per heavy atom. The molecule has 0 unspecified atom stereocenters. The number of nitrogens with one attached hydrogen (secondary N) is 3. The minimum absolute atomic E-state index is 0. The molecule has 1 fully saturated rings. The molecular formula is C18H27ClN4O3. The average molecular weight is 383 g/mol. The number of imidazole rings is 1. The van der Waals surface area contributed by atoms with Gasteiger partial charge in [-0.2, -0.15) is 0 Å². The molecule has 1 aromatic heterocycles. The maximum Gasteiger partial charge on any atom is 0.323 e. The van der Waals surface area contributed by atoms with E-state index in [9.17, 15) is 9.59 Å². The van der Waals surface area contributed by atoms with Gasteiger partial charge in [-0.15, -0.1) is 12.4 Å². The van der Waals surface area contributed by atoms with Gasteiger partial charge in [0.1, 0.15) is 0 Å². The number of rotatable bonds is 6. The van der Waals surface area contributed by atoms with Gasteiger partial charge >= 0.3 is 5.69 Å². The Morgan fingerprint density at radius 1 is 1.31 bits per heavy atom. The van der Waals surface area contributed by atoms with E-state index in [1.165, 1.54) is 0 Å². The van der Waals surface area contributed by atoms with Crippen molar-refractivity contribution in [1.29, 1.82) is 0 Å². The number of ether oxygens (including phenoxy) is 1. The monoisotopic (exact) mass is 382 g/mol. The summed E-state index contributed by atoms with van der Waals surface area (Å²) in [7, 11) is 0. The van der Waals surface area contributed by atoms with Gasteiger partial charge in [0, 0.05) is 25.1 Å². The molecule has 1 saturated carbocycles. The number of aromatic nitrogens is 2. The zero-order valence-corrected chi connectivity index (χ0v) is 15.7. The number of benzene rings is 1. The van der Waals surface area contributed by atoms with Crippen molar-refractivity contribution in [2.75, 3.05) is 6.61 Å². The smallest absolute Gasteiger partial charge is 0.323 e. The summed E-state index contributed by atoms with van der Waals surface area (Å²) in [5.74, 6) is -0.0284. The molecule has 2 aromatic rings. The molecule has 7 nitrogen and oxygen atoms in total. The van der Waals surface area contributed by atoms with Gasteiger partial charge in [0.25, 0.3) is 0 Å². The lowest BCUT2D eigenvalue weighted by atomic mass is 9.83. The van der Waals surface area contributed by atoms with Gasteiger partial charge in [0.2, 0.25) is 5.91 Å². The van der Waals surface area contributed by atoms with Crippen LogP contribution in [-0.2, 0) is 16.1 Å². The van der Waals surface area contributed by atoms with E-state index in [0.717, 1.165) is 42.5 Å². The van der Waals surface area contributed by atoms with Crippen LogP contribution in [-0.4, -0.2) is 34.6 Å². The second-order valence-corrected chi connectivity index (χ2v) is 6.76. The standard InChI is InChI=1S/C18H26N4O3.ClH/c1-2-7-25-16-6-4-12(9-13(16)19)17(23)20-10-11-3-5-14-15(8-11)22-18(24)21-14;/h3,5,8,12-13,16H,2,4,6-7,9-10,19H2,1H3,(H,20,23)(H2,21,22,24);1H/t12-,13+,16+;/m0./s1. The second kappa shape index (κ2) is 9.21. The van der Waals surface area contributed by atoms with Gasteiger partial charge in [-0.05, 0) is 43.4 Å². The largest absolute Gasteiger partial charge is 0.377 e. The van der Waals surface area contributed by atoms with Crippen LogP contribution >= 0.6 is 12.4 Å². The van der Waals surface area contributed by atoms with Crippen molar-refractivity contribution in [2.45, 2.75) is 51.3 Å². The first-order chi connectivity index (χ1) is 12.1. The summed E-state index contributed by atoms with van der Waals surface area (Å²) in [6.07, 6.45) is 3.33. The molecule has 26 heavy (non-hydrogen) atoms. The molecule has 1 amide bonds. The van der Waals surface area contributed by atoms with Gasteiger partial charge in [-0.3, -0.25) is 4.79 Å². The molecule has 1 heterocycles. The number of hydrogen-bond donors (Lipinski definition) is 4.